The maximum absolute atomic E-state index is 2.52. The Kier molecular flexibility index (Phi) is 4.35. The predicted molar refractivity (Wildman–Crippen MR) is 150 cm³/mol. The maximum Gasteiger partial charge on any atom is 0.246 e. The van der Waals surface area contributed by atoms with Crippen LogP contribution in [0.4, 0.5) is 17.1 Å². The van der Waals surface area contributed by atoms with E-state index in [1.165, 1.54) is 55.7 Å². The van der Waals surface area contributed by atoms with Crippen LogP contribution >= 0.6 is 0 Å². The minimum atomic E-state index is -0.116. The second-order valence-electron chi connectivity index (χ2n) is 10.2. The molecule has 0 radical (unpaired) electrons. The van der Waals surface area contributed by atoms with Crippen LogP contribution in [0.15, 0.2) is 121 Å². The second kappa shape index (κ2) is 7.48. The fourth-order valence-electron chi connectivity index (χ4n) is 6.22. The van der Waals surface area contributed by atoms with Crippen LogP contribution in [0.1, 0.15) is 25.0 Å². The summed E-state index contributed by atoms with van der Waals surface area (Å²) in [6.45, 7) is 4.94. The number of hydrogen-bond acceptors (Lipinski definition) is 1. The highest BCUT2D eigenvalue weighted by Gasteiger charge is 2.44. The van der Waals surface area contributed by atoms with Crippen molar-refractivity contribution in [3.8, 4) is 11.1 Å². The zero-order chi connectivity index (χ0) is 23.6. The number of nitrogens with zero attached hydrogens (tertiary/aromatic N) is 1. The Bertz CT molecular complexity index is 1570. The van der Waals surface area contributed by atoms with E-state index >= 15 is 0 Å². The summed E-state index contributed by atoms with van der Waals surface area (Å²) in [5.74, 6) is 0. The molecule has 0 N–H and O–H groups in total. The van der Waals surface area contributed by atoms with Crippen LogP contribution in [-0.2, 0) is 5.41 Å². The summed E-state index contributed by atoms with van der Waals surface area (Å²) in [4.78, 5) is 2.52. The molecule has 1 nitrogen and oxygen atoms in total. The molecule has 0 bridgehead atoms. The van der Waals surface area contributed by atoms with Crippen molar-refractivity contribution in [3.05, 3.63) is 132 Å². The summed E-state index contributed by atoms with van der Waals surface area (Å²) in [6.07, 6.45) is 0. The third-order valence-corrected chi connectivity index (χ3v) is 7.89. The van der Waals surface area contributed by atoms with E-state index in [4.69, 9.17) is 0 Å². The first kappa shape index (κ1) is 20.3. The van der Waals surface area contributed by atoms with Crippen molar-refractivity contribution in [2.45, 2.75) is 19.3 Å². The number of rotatable bonds is 2. The highest BCUT2D eigenvalue weighted by molar-refractivity contribution is 6.98. The Hall–Kier alpha value is -4.04. The van der Waals surface area contributed by atoms with Crippen LogP contribution in [0.2, 0.25) is 0 Å². The third kappa shape index (κ3) is 2.90. The van der Waals surface area contributed by atoms with Crippen molar-refractivity contribution in [2.24, 2.45) is 0 Å². The summed E-state index contributed by atoms with van der Waals surface area (Å²) in [5, 5.41) is 0. The number of hydrogen-bond donors (Lipinski definition) is 0. The molecule has 0 aromatic heterocycles. The lowest BCUT2D eigenvalue weighted by atomic mass is 9.34. The van der Waals surface area contributed by atoms with Gasteiger partial charge in [0.2, 0.25) is 6.71 Å². The first-order valence-electron chi connectivity index (χ1n) is 12.4. The van der Waals surface area contributed by atoms with Gasteiger partial charge in [-0.25, -0.2) is 0 Å². The van der Waals surface area contributed by atoms with Gasteiger partial charge >= 0.3 is 0 Å². The van der Waals surface area contributed by atoms with E-state index in [1.807, 2.05) is 0 Å². The van der Waals surface area contributed by atoms with Crippen molar-refractivity contribution >= 4 is 40.2 Å². The minimum Gasteiger partial charge on any atom is -0.311 e. The molecule has 2 aliphatic heterocycles. The smallest absolute Gasteiger partial charge is 0.246 e. The number of para-hydroxylation sites is 2. The first-order valence-corrected chi connectivity index (χ1v) is 12.4. The van der Waals surface area contributed by atoms with Crippen molar-refractivity contribution in [1.82, 2.24) is 0 Å². The maximum atomic E-state index is 2.52. The molecule has 0 saturated carbocycles. The lowest BCUT2D eigenvalue weighted by Crippen LogP contribution is -2.58. The Morgan fingerprint density at radius 3 is 1.94 bits per heavy atom. The molecule has 0 spiro atoms. The number of anilines is 3. The normalized spacial score (nSPS) is 14.7. The molecule has 0 aliphatic carbocycles. The lowest BCUT2D eigenvalue weighted by Gasteiger charge is -2.47. The molecule has 0 amide bonds. The molecule has 0 atom stereocenters. The van der Waals surface area contributed by atoms with E-state index in [1.54, 1.807) is 0 Å². The standard InChI is InChI=1S/C33H26BN/c1-33(2)26-17-9-11-19-30(26)35-31-20-12-10-18-28(31)34(25-15-7-4-8-16-25)29-22-24(21-27(33)32(29)35)23-13-5-3-6-14-23/h3-22H,1-2H3. The molecular weight excluding hydrogens is 421 g/mol. The molecule has 5 aromatic rings. The van der Waals surface area contributed by atoms with Crippen LogP contribution in [0.3, 0.4) is 0 Å². The van der Waals surface area contributed by atoms with E-state index in [9.17, 15) is 0 Å². The molecule has 35 heavy (non-hydrogen) atoms. The zero-order valence-corrected chi connectivity index (χ0v) is 20.1. The molecule has 2 aliphatic rings. The summed E-state index contributed by atoms with van der Waals surface area (Å²) >= 11 is 0. The van der Waals surface area contributed by atoms with Gasteiger partial charge in [0, 0.05) is 16.8 Å². The average Bonchev–Trinajstić information content (AvgIpc) is 2.91. The highest BCUT2D eigenvalue weighted by atomic mass is 15.2. The second-order valence-corrected chi connectivity index (χ2v) is 10.2. The molecule has 7 rings (SSSR count). The predicted octanol–water partition coefficient (Wildman–Crippen LogP) is 6.29. The molecule has 0 saturated heterocycles. The van der Waals surface area contributed by atoms with E-state index in [2.05, 4.69) is 140 Å². The average molecular weight is 447 g/mol. The van der Waals surface area contributed by atoms with Gasteiger partial charge in [-0.2, -0.15) is 0 Å². The van der Waals surface area contributed by atoms with Gasteiger partial charge in [0.1, 0.15) is 0 Å². The van der Waals surface area contributed by atoms with E-state index in [0.29, 0.717) is 0 Å². The molecular formula is C33H26BN. The molecule has 2 heterocycles. The Balaban J connectivity index is 1.63. The van der Waals surface area contributed by atoms with Gasteiger partial charge in [0.05, 0.1) is 5.69 Å². The molecule has 0 unspecified atom stereocenters. The lowest BCUT2D eigenvalue weighted by molar-refractivity contribution is 0.633. The molecule has 5 aromatic carbocycles. The zero-order valence-electron chi connectivity index (χ0n) is 20.1. The van der Waals surface area contributed by atoms with Crippen LogP contribution < -0.4 is 21.3 Å². The fraction of sp³-hybridized carbons (Fsp3) is 0.0909. The Morgan fingerprint density at radius 2 is 1.17 bits per heavy atom. The number of fused-ring (bicyclic) bond motifs is 4. The van der Waals surface area contributed by atoms with Gasteiger partial charge in [-0.15, -0.1) is 0 Å². The summed E-state index contributed by atoms with van der Waals surface area (Å²) < 4.78 is 0. The summed E-state index contributed by atoms with van der Waals surface area (Å²) in [5.41, 5.74) is 13.2. The van der Waals surface area contributed by atoms with Crippen molar-refractivity contribution in [1.29, 1.82) is 0 Å². The van der Waals surface area contributed by atoms with Gasteiger partial charge in [0.15, 0.2) is 0 Å². The van der Waals surface area contributed by atoms with Crippen molar-refractivity contribution < 1.29 is 0 Å². The van der Waals surface area contributed by atoms with Crippen LogP contribution in [0.5, 0.6) is 0 Å². The highest BCUT2D eigenvalue weighted by Crippen LogP contribution is 2.52. The monoisotopic (exact) mass is 447 g/mol. The van der Waals surface area contributed by atoms with Gasteiger partial charge in [-0.1, -0.05) is 122 Å². The van der Waals surface area contributed by atoms with E-state index < -0.39 is 0 Å². The quantitative estimate of drug-likeness (QED) is 0.282. The Morgan fingerprint density at radius 1 is 0.543 bits per heavy atom. The molecule has 2 heteroatoms. The van der Waals surface area contributed by atoms with Crippen molar-refractivity contribution in [2.75, 3.05) is 4.90 Å². The van der Waals surface area contributed by atoms with Crippen LogP contribution in [0, 0.1) is 0 Å². The SMILES string of the molecule is CC1(C)c2ccccc2N2c3ccccc3B(c3ccccc3)c3cc(-c4ccccc4)cc1c32. The van der Waals surface area contributed by atoms with Crippen molar-refractivity contribution in [3.63, 3.8) is 0 Å². The van der Waals surface area contributed by atoms with Gasteiger partial charge < -0.3 is 4.90 Å². The number of benzene rings is 5. The van der Waals surface area contributed by atoms with Crippen LogP contribution in [-0.4, -0.2) is 6.71 Å². The van der Waals surface area contributed by atoms with Crippen LogP contribution in [0.25, 0.3) is 11.1 Å². The van der Waals surface area contributed by atoms with E-state index in [0.717, 1.165) is 0 Å². The van der Waals surface area contributed by atoms with E-state index in [-0.39, 0.29) is 12.1 Å². The summed E-state index contributed by atoms with van der Waals surface area (Å²) in [7, 11) is 0. The van der Waals surface area contributed by atoms with Gasteiger partial charge in [-0.05, 0) is 51.4 Å². The Labute approximate surface area is 207 Å². The van der Waals surface area contributed by atoms with Gasteiger partial charge in [-0.3, -0.25) is 0 Å². The third-order valence-electron chi connectivity index (χ3n) is 7.89. The first-order chi connectivity index (χ1) is 17.1. The molecule has 166 valence electrons. The largest absolute Gasteiger partial charge is 0.311 e. The fourth-order valence-corrected chi connectivity index (χ4v) is 6.22. The minimum absolute atomic E-state index is 0.116. The summed E-state index contributed by atoms with van der Waals surface area (Å²) in [6, 6.07) is 44.6. The molecule has 0 fully saturated rings. The van der Waals surface area contributed by atoms with Gasteiger partial charge in [0.25, 0.3) is 0 Å². The topological polar surface area (TPSA) is 3.24 Å².